The van der Waals surface area contributed by atoms with Gasteiger partial charge in [0.15, 0.2) is 27.5 Å². The number of nitrogens with two attached hydrogens (primary N) is 3. The summed E-state index contributed by atoms with van der Waals surface area (Å²) in [4.78, 5) is 7.48. The van der Waals surface area contributed by atoms with Crippen LogP contribution in [0.1, 0.15) is 11.1 Å². The highest BCUT2D eigenvalue weighted by Gasteiger charge is 2.32. The molecule has 1 aliphatic rings. The molecule has 0 saturated carbocycles. The number of rotatable bonds is 6. The molecule has 3 aromatic rings. The highest BCUT2D eigenvalue weighted by atomic mass is 32.2. The molecular formula is C18H19N7O4S3. The number of primary sulfonamides is 1. The summed E-state index contributed by atoms with van der Waals surface area (Å²) in [5.74, 6) is -0.495. The van der Waals surface area contributed by atoms with E-state index in [0.29, 0.717) is 21.8 Å². The molecule has 1 aromatic heterocycles. The van der Waals surface area contributed by atoms with Gasteiger partial charge < -0.3 is 11.5 Å². The van der Waals surface area contributed by atoms with Crippen LogP contribution in [-0.4, -0.2) is 46.6 Å². The van der Waals surface area contributed by atoms with Crippen LogP contribution in [0.3, 0.4) is 0 Å². The molecule has 0 radical (unpaired) electrons. The molecule has 2 aromatic carbocycles. The minimum atomic E-state index is -4.53. The van der Waals surface area contributed by atoms with Gasteiger partial charge in [-0.1, -0.05) is 29.5 Å². The molecule has 2 heterocycles. The monoisotopic (exact) mass is 493 g/mol. The number of hydrogen-bond donors (Lipinski definition) is 3. The Hall–Kier alpha value is -2.78. The maximum absolute atomic E-state index is 12.9. The fraction of sp³-hybridized carbons (Fsp3) is 0.222. The molecule has 32 heavy (non-hydrogen) atoms. The summed E-state index contributed by atoms with van der Waals surface area (Å²) in [7, 11) is -8.60. The number of nitrogen functional groups attached to an aromatic ring is 1. The summed E-state index contributed by atoms with van der Waals surface area (Å²) >= 11 is 1.29. The van der Waals surface area contributed by atoms with E-state index in [1.54, 1.807) is 6.07 Å². The van der Waals surface area contributed by atoms with Crippen molar-refractivity contribution < 1.29 is 16.8 Å². The van der Waals surface area contributed by atoms with Crippen LogP contribution >= 0.6 is 11.3 Å². The van der Waals surface area contributed by atoms with E-state index in [2.05, 4.69) is 20.2 Å². The zero-order valence-corrected chi connectivity index (χ0v) is 19.3. The molecule has 6 N–H and O–H groups in total. The summed E-state index contributed by atoms with van der Waals surface area (Å²) in [6.07, 6.45) is 0. The number of amidine groups is 1. The number of aromatic nitrogens is 1. The predicted molar refractivity (Wildman–Crippen MR) is 123 cm³/mol. The minimum absolute atomic E-state index is 0.0223. The van der Waals surface area contributed by atoms with Gasteiger partial charge in [-0.2, -0.15) is 5.11 Å². The predicted octanol–water partition coefficient (Wildman–Crippen LogP) is 1.40. The smallest absolute Gasteiger partial charge is 0.240 e. The minimum Gasteiger partial charge on any atom is -0.375 e. The van der Waals surface area contributed by atoms with Crippen molar-refractivity contribution in [2.45, 2.75) is 16.7 Å². The van der Waals surface area contributed by atoms with Crippen molar-refractivity contribution in [1.82, 2.24) is 4.98 Å². The third-order valence-electron chi connectivity index (χ3n) is 4.85. The maximum atomic E-state index is 12.9. The van der Waals surface area contributed by atoms with E-state index in [1.165, 1.54) is 23.5 Å². The first kappa shape index (κ1) is 22.4. The molecule has 11 nitrogen and oxygen atoms in total. The van der Waals surface area contributed by atoms with Crippen molar-refractivity contribution in [3.05, 3.63) is 35.4 Å². The highest BCUT2D eigenvalue weighted by molar-refractivity contribution is 7.93. The van der Waals surface area contributed by atoms with Crippen molar-refractivity contribution in [2.24, 2.45) is 26.1 Å². The summed E-state index contributed by atoms with van der Waals surface area (Å²) in [5, 5.41) is 13.6. The zero-order chi connectivity index (χ0) is 23.3. The second kappa shape index (κ2) is 7.97. The average Bonchev–Trinajstić information content (AvgIpc) is 3.36. The molecule has 0 unspecified atom stereocenters. The third kappa shape index (κ3) is 3.80. The molecule has 0 spiro atoms. The van der Waals surface area contributed by atoms with E-state index in [0.717, 1.165) is 10.3 Å². The Morgan fingerprint density at radius 3 is 2.44 bits per heavy atom. The van der Waals surface area contributed by atoms with Crippen molar-refractivity contribution in [3.63, 3.8) is 0 Å². The maximum Gasteiger partial charge on any atom is 0.240 e. The van der Waals surface area contributed by atoms with Crippen molar-refractivity contribution >= 4 is 52.4 Å². The number of aryl methyl sites for hydroxylation is 1. The number of aliphatic imine (C=N–C) groups is 1. The molecule has 0 aliphatic carbocycles. The van der Waals surface area contributed by atoms with Crippen LogP contribution in [0.2, 0.25) is 0 Å². The van der Waals surface area contributed by atoms with E-state index in [9.17, 15) is 16.8 Å². The van der Waals surface area contributed by atoms with Gasteiger partial charge in [0.05, 0.1) is 26.4 Å². The van der Waals surface area contributed by atoms with E-state index in [1.807, 2.05) is 13.0 Å². The highest BCUT2D eigenvalue weighted by Crippen LogP contribution is 2.40. The second-order valence-electron chi connectivity index (χ2n) is 6.99. The Balaban J connectivity index is 2.17. The normalized spacial score (nSPS) is 14.3. The van der Waals surface area contributed by atoms with Gasteiger partial charge in [0.2, 0.25) is 10.0 Å². The standard InChI is InChI=1S/C18H19N7O4S3/c1-9-2-3-11(14-15(9)30-18(20)24-14)10-4-5-12(31(26,27)7-6-19)16(32(21,28)29)13(10)17-22-8-23-25-17/h2-5H,6-8,19H2,1H3,(H2,20,24)(H2,21,28,29). The third-order valence-corrected chi connectivity index (χ3v) is 8.77. The molecule has 1 aliphatic heterocycles. The topological polar surface area (TPSA) is 196 Å². The summed E-state index contributed by atoms with van der Waals surface area (Å²) in [6, 6.07) is 6.29. The summed E-state index contributed by atoms with van der Waals surface area (Å²) in [6.45, 7) is 1.69. The molecule has 0 bridgehead atoms. The number of benzene rings is 2. The number of anilines is 1. The SMILES string of the molecule is Cc1ccc(-c2ccc(S(=O)(=O)CCN)c(S(N)(=O)=O)c2C2=NCN=N2)c2nc(N)sc12. The number of hydrogen-bond acceptors (Lipinski definition) is 11. The first-order valence-corrected chi connectivity index (χ1v) is 13.3. The number of azo groups is 1. The van der Waals surface area contributed by atoms with Gasteiger partial charge in [0.1, 0.15) is 4.90 Å². The quantitative estimate of drug-likeness (QED) is 0.461. The van der Waals surface area contributed by atoms with Crippen LogP contribution in [0.25, 0.3) is 21.3 Å². The lowest BCUT2D eigenvalue weighted by atomic mass is 9.97. The summed E-state index contributed by atoms with van der Waals surface area (Å²) in [5.41, 5.74) is 13.7. The van der Waals surface area contributed by atoms with Crippen LogP contribution in [0.5, 0.6) is 0 Å². The molecular weight excluding hydrogens is 474 g/mol. The fourth-order valence-electron chi connectivity index (χ4n) is 3.53. The number of fused-ring (bicyclic) bond motifs is 1. The Bertz CT molecular complexity index is 1520. The van der Waals surface area contributed by atoms with Gasteiger partial charge in [-0.05, 0) is 24.1 Å². The average molecular weight is 494 g/mol. The second-order valence-corrected chi connectivity index (χ2v) is 11.6. The van der Waals surface area contributed by atoms with Gasteiger partial charge >= 0.3 is 0 Å². The first-order valence-electron chi connectivity index (χ1n) is 9.25. The van der Waals surface area contributed by atoms with Crippen molar-refractivity contribution in [2.75, 3.05) is 24.7 Å². The van der Waals surface area contributed by atoms with Crippen LogP contribution in [-0.2, 0) is 19.9 Å². The molecule has 0 amide bonds. The molecule has 14 heteroatoms. The molecule has 0 atom stereocenters. The van der Waals surface area contributed by atoms with Gasteiger partial charge in [-0.3, -0.25) is 0 Å². The Morgan fingerprint density at radius 1 is 1.09 bits per heavy atom. The first-order chi connectivity index (χ1) is 15.0. The molecule has 0 fully saturated rings. The van der Waals surface area contributed by atoms with E-state index in [-0.39, 0.29) is 24.6 Å². The fourth-order valence-corrected chi connectivity index (χ4v) is 7.11. The Labute approximate surface area is 188 Å². The lowest BCUT2D eigenvalue weighted by Gasteiger charge is -2.17. The lowest BCUT2D eigenvalue weighted by Crippen LogP contribution is -2.24. The largest absolute Gasteiger partial charge is 0.375 e. The van der Waals surface area contributed by atoms with Crippen molar-refractivity contribution in [3.8, 4) is 11.1 Å². The Kier molecular flexibility index (Phi) is 5.58. The lowest BCUT2D eigenvalue weighted by molar-refractivity contribution is 0.583. The number of sulfone groups is 1. The van der Waals surface area contributed by atoms with Gasteiger partial charge in [0.25, 0.3) is 0 Å². The van der Waals surface area contributed by atoms with Crippen LogP contribution in [0.15, 0.2) is 49.3 Å². The van der Waals surface area contributed by atoms with Crippen molar-refractivity contribution in [1.29, 1.82) is 0 Å². The molecule has 168 valence electrons. The van der Waals surface area contributed by atoms with Gasteiger partial charge in [0, 0.05) is 12.1 Å². The van der Waals surface area contributed by atoms with E-state index in [4.69, 9.17) is 16.6 Å². The number of thiazole rings is 1. The number of sulfonamides is 1. The van der Waals surface area contributed by atoms with Crippen LogP contribution in [0, 0.1) is 6.92 Å². The van der Waals surface area contributed by atoms with E-state index < -0.39 is 35.4 Å². The molecule has 0 saturated heterocycles. The van der Waals surface area contributed by atoms with Gasteiger partial charge in [-0.15, -0.1) is 5.11 Å². The number of nitrogens with zero attached hydrogens (tertiary/aromatic N) is 4. The summed E-state index contributed by atoms with van der Waals surface area (Å²) < 4.78 is 51.9. The van der Waals surface area contributed by atoms with Crippen LogP contribution < -0.4 is 16.6 Å². The zero-order valence-electron chi connectivity index (χ0n) is 16.8. The van der Waals surface area contributed by atoms with Gasteiger partial charge in [-0.25, -0.2) is 32.0 Å². The van der Waals surface area contributed by atoms with E-state index >= 15 is 0 Å². The van der Waals surface area contributed by atoms with Crippen LogP contribution in [0.4, 0.5) is 5.13 Å². The molecule has 4 rings (SSSR count). The Morgan fingerprint density at radius 2 is 1.81 bits per heavy atom.